The molecular formula is C19H27NO8S. The van der Waals surface area contributed by atoms with Crippen LogP contribution in [0.15, 0.2) is 23.8 Å². The van der Waals surface area contributed by atoms with Gasteiger partial charge in [-0.3, -0.25) is 18.9 Å². The summed E-state index contributed by atoms with van der Waals surface area (Å²) in [6.45, 7) is 5.42. The molecule has 2 aliphatic rings. The third kappa shape index (κ3) is 7.14. The first-order valence-electron chi connectivity index (χ1n) is 9.31. The maximum atomic E-state index is 12.0. The van der Waals surface area contributed by atoms with Crippen LogP contribution in [0.1, 0.15) is 33.6 Å². The molecule has 2 N–H and O–H groups in total. The fraction of sp³-hybridized carbons (Fsp3) is 0.632. The van der Waals surface area contributed by atoms with Crippen molar-refractivity contribution in [3.05, 3.63) is 23.8 Å². The molecule has 29 heavy (non-hydrogen) atoms. The average Bonchev–Trinajstić information content (AvgIpc) is 2.60. The van der Waals surface area contributed by atoms with E-state index >= 15 is 0 Å². The van der Waals surface area contributed by atoms with E-state index in [1.54, 1.807) is 0 Å². The molecule has 2 rings (SSSR count). The standard InChI is InChI=1S/C19H27NO8S/c1-12(21)20-13(6-7-29(24,25)26)9-19(2,3)18-11-27-17(10-28-18)15-8-14(22)4-5-16(15)23/h4-5,8,13,17-18H,6-7,9-11H2,1-3H3,(H,20,21)(H,24,25,26)/t13?,17?,18-/m0/s1. The summed E-state index contributed by atoms with van der Waals surface area (Å²) in [5, 5.41) is 2.71. The van der Waals surface area contributed by atoms with Gasteiger partial charge in [-0.2, -0.15) is 8.42 Å². The van der Waals surface area contributed by atoms with Crippen molar-refractivity contribution in [3.8, 4) is 0 Å². The molecule has 0 aromatic carbocycles. The van der Waals surface area contributed by atoms with Crippen LogP contribution in [0.3, 0.4) is 0 Å². The first-order valence-corrected chi connectivity index (χ1v) is 10.9. The van der Waals surface area contributed by atoms with Crippen molar-refractivity contribution in [2.75, 3.05) is 19.0 Å². The lowest BCUT2D eigenvalue weighted by atomic mass is 9.79. The number of allylic oxidation sites excluding steroid dienone is 3. The van der Waals surface area contributed by atoms with E-state index in [1.165, 1.54) is 25.2 Å². The number of nitrogens with one attached hydrogen (secondary N) is 1. The second-order valence-electron chi connectivity index (χ2n) is 8.01. The minimum absolute atomic E-state index is 0.0634. The van der Waals surface area contributed by atoms with Crippen molar-refractivity contribution < 1.29 is 36.8 Å². The van der Waals surface area contributed by atoms with Gasteiger partial charge in [0.2, 0.25) is 5.91 Å². The van der Waals surface area contributed by atoms with E-state index in [4.69, 9.17) is 14.0 Å². The fourth-order valence-electron chi connectivity index (χ4n) is 3.48. The van der Waals surface area contributed by atoms with Gasteiger partial charge in [0.05, 0.1) is 25.1 Å². The number of hydrogen-bond donors (Lipinski definition) is 2. The van der Waals surface area contributed by atoms with Gasteiger partial charge in [0.15, 0.2) is 11.6 Å². The molecule has 1 aliphatic heterocycles. The summed E-state index contributed by atoms with van der Waals surface area (Å²) in [7, 11) is -4.14. The SMILES string of the molecule is CC(=O)NC(CCS(=O)(=O)O)CC(C)(C)[C@@H]1COC(C2=CC(=O)C=CC2=O)CO1. The van der Waals surface area contributed by atoms with Gasteiger partial charge in [0, 0.05) is 18.5 Å². The molecule has 9 nitrogen and oxygen atoms in total. The second-order valence-corrected chi connectivity index (χ2v) is 9.58. The zero-order valence-electron chi connectivity index (χ0n) is 16.7. The molecule has 0 aromatic heterocycles. The fourth-order valence-corrected chi connectivity index (χ4v) is 4.07. The Morgan fingerprint density at radius 1 is 1.28 bits per heavy atom. The molecule has 0 saturated carbocycles. The lowest BCUT2D eigenvalue weighted by molar-refractivity contribution is -0.161. The zero-order chi connectivity index (χ0) is 21.8. The second kappa shape index (κ2) is 9.29. The Hall–Kier alpha value is -1.88. The highest BCUT2D eigenvalue weighted by atomic mass is 32.2. The zero-order valence-corrected chi connectivity index (χ0v) is 17.5. The van der Waals surface area contributed by atoms with Crippen LogP contribution in [0.4, 0.5) is 0 Å². The number of hydrogen-bond acceptors (Lipinski definition) is 7. The number of carbonyl (C=O) groups excluding carboxylic acids is 3. The summed E-state index contributed by atoms with van der Waals surface area (Å²) in [4.78, 5) is 35.0. The lowest BCUT2D eigenvalue weighted by Gasteiger charge is -2.41. The molecule has 3 atom stereocenters. The van der Waals surface area contributed by atoms with E-state index < -0.39 is 33.4 Å². The van der Waals surface area contributed by atoms with Gasteiger partial charge in [-0.05, 0) is 36.5 Å². The van der Waals surface area contributed by atoms with E-state index in [0.717, 1.165) is 0 Å². The molecule has 2 unspecified atom stereocenters. The van der Waals surface area contributed by atoms with Gasteiger partial charge in [0.1, 0.15) is 6.10 Å². The highest BCUT2D eigenvalue weighted by Gasteiger charge is 2.38. The van der Waals surface area contributed by atoms with Crippen molar-refractivity contribution in [3.63, 3.8) is 0 Å². The van der Waals surface area contributed by atoms with Gasteiger partial charge in [-0.1, -0.05) is 13.8 Å². The Morgan fingerprint density at radius 2 is 1.97 bits per heavy atom. The summed E-state index contributed by atoms with van der Waals surface area (Å²) in [6.07, 6.45) is 3.13. The summed E-state index contributed by atoms with van der Waals surface area (Å²) in [5.41, 5.74) is -0.240. The quantitative estimate of drug-likeness (QED) is 0.423. The van der Waals surface area contributed by atoms with Gasteiger partial charge < -0.3 is 14.8 Å². The Balaban J connectivity index is 1.99. The minimum Gasteiger partial charge on any atom is -0.372 e. The molecule has 0 radical (unpaired) electrons. The predicted molar refractivity (Wildman–Crippen MR) is 104 cm³/mol. The van der Waals surface area contributed by atoms with Crippen molar-refractivity contribution in [2.45, 2.75) is 51.9 Å². The molecular weight excluding hydrogens is 402 g/mol. The number of ketones is 2. The van der Waals surface area contributed by atoms with Crippen molar-refractivity contribution in [1.82, 2.24) is 5.32 Å². The highest BCUT2D eigenvalue weighted by molar-refractivity contribution is 7.85. The molecule has 10 heteroatoms. The Kier molecular flexibility index (Phi) is 7.50. The molecule has 1 heterocycles. The smallest absolute Gasteiger partial charge is 0.264 e. The minimum atomic E-state index is -4.14. The molecule has 0 spiro atoms. The van der Waals surface area contributed by atoms with Crippen LogP contribution in [0.25, 0.3) is 0 Å². The van der Waals surface area contributed by atoms with Crippen LogP contribution in [0.5, 0.6) is 0 Å². The number of ether oxygens (including phenoxy) is 2. The van der Waals surface area contributed by atoms with E-state index in [9.17, 15) is 22.8 Å². The van der Waals surface area contributed by atoms with Gasteiger partial charge in [0.25, 0.3) is 10.1 Å². The molecule has 0 aromatic rings. The third-order valence-corrected chi connectivity index (χ3v) is 5.75. The van der Waals surface area contributed by atoms with Crippen LogP contribution in [0.2, 0.25) is 0 Å². The average molecular weight is 429 g/mol. The largest absolute Gasteiger partial charge is 0.372 e. The number of amides is 1. The first kappa shape index (κ1) is 23.4. The monoisotopic (exact) mass is 429 g/mol. The predicted octanol–water partition coefficient (Wildman–Crippen LogP) is 0.604. The van der Waals surface area contributed by atoms with Crippen molar-refractivity contribution in [1.29, 1.82) is 0 Å². The van der Waals surface area contributed by atoms with Crippen LogP contribution in [-0.2, 0) is 34.0 Å². The molecule has 1 fully saturated rings. The molecule has 0 bridgehead atoms. The molecule has 1 amide bonds. The number of rotatable bonds is 8. The molecule has 162 valence electrons. The first-order chi connectivity index (χ1) is 13.4. The van der Waals surface area contributed by atoms with Crippen LogP contribution < -0.4 is 5.32 Å². The summed E-state index contributed by atoms with van der Waals surface area (Å²) < 4.78 is 42.8. The third-order valence-electron chi connectivity index (χ3n) is 5.00. The number of carbonyl (C=O) groups is 3. The Morgan fingerprint density at radius 3 is 2.52 bits per heavy atom. The van der Waals surface area contributed by atoms with Crippen molar-refractivity contribution >= 4 is 27.6 Å². The lowest BCUT2D eigenvalue weighted by Crippen LogP contribution is -2.48. The topological polar surface area (TPSA) is 136 Å². The van der Waals surface area contributed by atoms with Crippen LogP contribution in [-0.4, -0.2) is 67.7 Å². The maximum absolute atomic E-state index is 12.0. The van der Waals surface area contributed by atoms with Gasteiger partial charge >= 0.3 is 0 Å². The Labute approximate surface area is 170 Å². The van der Waals surface area contributed by atoms with E-state index in [2.05, 4.69) is 5.32 Å². The molecule has 1 aliphatic carbocycles. The van der Waals surface area contributed by atoms with E-state index in [1.807, 2.05) is 13.8 Å². The van der Waals surface area contributed by atoms with E-state index in [0.29, 0.717) is 6.42 Å². The highest BCUT2D eigenvalue weighted by Crippen LogP contribution is 2.33. The Bertz CT molecular complexity index is 819. The van der Waals surface area contributed by atoms with Crippen LogP contribution in [0, 0.1) is 5.41 Å². The van der Waals surface area contributed by atoms with Crippen molar-refractivity contribution in [2.24, 2.45) is 5.41 Å². The maximum Gasteiger partial charge on any atom is 0.264 e. The molecule has 1 saturated heterocycles. The summed E-state index contributed by atoms with van der Waals surface area (Å²) in [5.74, 6) is -1.33. The van der Waals surface area contributed by atoms with E-state index in [-0.39, 0.29) is 48.8 Å². The summed E-state index contributed by atoms with van der Waals surface area (Å²) >= 11 is 0. The summed E-state index contributed by atoms with van der Waals surface area (Å²) in [6, 6.07) is -0.476. The normalized spacial score (nSPS) is 24.2. The van der Waals surface area contributed by atoms with Gasteiger partial charge in [-0.25, -0.2) is 0 Å². The van der Waals surface area contributed by atoms with Gasteiger partial charge in [-0.15, -0.1) is 0 Å². The van der Waals surface area contributed by atoms with Crippen LogP contribution >= 0.6 is 0 Å².